The van der Waals surface area contributed by atoms with Gasteiger partial charge in [0.25, 0.3) is 5.91 Å². The van der Waals surface area contributed by atoms with Crippen LogP contribution in [0.4, 0.5) is 11.4 Å². The summed E-state index contributed by atoms with van der Waals surface area (Å²) >= 11 is 1.70. The summed E-state index contributed by atoms with van der Waals surface area (Å²) in [7, 11) is 1.64. The quantitative estimate of drug-likeness (QED) is 0.659. The van der Waals surface area contributed by atoms with Crippen LogP contribution in [0.1, 0.15) is 15.2 Å². The smallest absolute Gasteiger partial charge is 0.253 e. The minimum atomic E-state index is -0.0758. The number of benzene rings is 2. The minimum absolute atomic E-state index is 0.0758. The molecule has 2 N–H and O–H groups in total. The molecule has 0 saturated heterocycles. The maximum Gasteiger partial charge on any atom is 0.253 e. The Morgan fingerprint density at radius 1 is 1.04 bits per heavy atom. The number of nitrogens with one attached hydrogen (secondary N) is 2. The van der Waals surface area contributed by atoms with Crippen molar-refractivity contribution in [3.63, 3.8) is 0 Å². The molecular formula is C20H20N2O2S. The van der Waals surface area contributed by atoms with E-state index in [2.05, 4.69) is 16.7 Å². The van der Waals surface area contributed by atoms with E-state index in [0.717, 1.165) is 23.5 Å². The van der Waals surface area contributed by atoms with Crippen molar-refractivity contribution in [3.05, 3.63) is 76.5 Å². The molecule has 0 atom stereocenters. The molecule has 0 aliphatic rings. The lowest BCUT2D eigenvalue weighted by Gasteiger charge is -2.12. The molecule has 0 bridgehead atoms. The Morgan fingerprint density at radius 2 is 1.84 bits per heavy atom. The summed E-state index contributed by atoms with van der Waals surface area (Å²) < 4.78 is 5.17. The van der Waals surface area contributed by atoms with E-state index in [1.165, 1.54) is 4.88 Å². The Bertz CT molecular complexity index is 814. The first-order valence-electron chi connectivity index (χ1n) is 8.07. The second-order valence-electron chi connectivity index (χ2n) is 5.48. The highest BCUT2D eigenvalue weighted by Crippen LogP contribution is 2.23. The summed E-state index contributed by atoms with van der Waals surface area (Å²) in [6, 6.07) is 19.2. The molecule has 0 unspecified atom stereocenters. The lowest BCUT2D eigenvalue weighted by molar-refractivity contribution is 0.0955. The third-order valence-corrected chi connectivity index (χ3v) is 4.71. The summed E-state index contributed by atoms with van der Waals surface area (Å²) in [5.41, 5.74) is 2.31. The number of hydrogen-bond acceptors (Lipinski definition) is 4. The van der Waals surface area contributed by atoms with Crippen molar-refractivity contribution in [2.75, 3.05) is 19.0 Å². The molecule has 25 heavy (non-hydrogen) atoms. The number of methoxy groups -OCH3 is 1. The van der Waals surface area contributed by atoms with Crippen molar-refractivity contribution in [2.45, 2.75) is 6.42 Å². The summed E-state index contributed by atoms with van der Waals surface area (Å²) in [6.07, 6.45) is 0.845. The van der Waals surface area contributed by atoms with E-state index in [1.807, 2.05) is 60.0 Å². The predicted molar refractivity (Wildman–Crippen MR) is 103 cm³/mol. The molecule has 4 nitrogen and oxygen atoms in total. The van der Waals surface area contributed by atoms with Crippen LogP contribution in [0, 0.1) is 0 Å². The third-order valence-electron chi connectivity index (χ3n) is 3.78. The van der Waals surface area contributed by atoms with Crippen LogP contribution in [0.5, 0.6) is 5.75 Å². The van der Waals surface area contributed by atoms with Gasteiger partial charge in [0.2, 0.25) is 0 Å². The third kappa shape index (κ3) is 4.61. The van der Waals surface area contributed by atoms with Gasteiger partial charge in [-0.25, -0.2) is 0 Å². The zero-order chi connectivity index (χ0) is 17.5. The molecule has 3 rings (SSSR count). The molecular weight excluding hydrogens is 332 g/mol. The fourth-order valence-corrected chi connectivity index (χ4v) is 3.18. The number of ether oxygens (including phenoxy) is 1. The summed E-state index contributed by atoms with van der Waals surface area (Å²) in [5.74, 6) is 0.721. The van der Waals surface area contributed by atoms with Crippen LogP contribution in [-0.2, 0) is 6.42 Å². The van der Waals surface area contributed by atoms with Gasteiger partial charge >= 0.3 is 0 Å². The Labute approximate surface area is 151 Å². The number of carbonyl (C=O) groups excluding carboxylic acids is 1. The van der Waals surface area contributed by atoms with Crippen LogP contribution in [0.3, 0.4) is 0 Å². The number of rotatable bonds is 7. The number of carbonyl (C=O) groups is 1. The summed E-state index contributed by atoms with van der Waals surface area (Å²) in [4.78, 5) is 13.8. The molecule has 1 amide bonds. The molecule has 0 radical (unpaired) electrons. The Morgan fingerprint density at radius 3 is 2.56 bits per heavy atom. The first-order valence-corrected chi connectivity index (χ1v) is 8.95. The van der Waals surface area contributed by atoms with Crippen molar-refractivity contribution in [1.82, 2.24) is 5.32 Å². The molecule has 3 aromatic rings. The van der Waals surface area contributed by atoms with Crippen LogP contribution >= 0.6 is 11.3 Å². The van der Waals surface area contributed by atoms with Crippen LogP contribution in [0.2, 0.25) is 0 Å². The second kappa shape index (κ2) is 8.35. The Balaban J connectivity index is 1.65. The van der Waals surface area contributed by atoms with Gasteiger partial charge in [0.1, 0.15) is 5.75 Å². The molecule has 1 aromatic heterocycles. The largest absolute Gasteiger partial charge is 0.497 e. The van der Waals surface area contributed by atoms with E-state index in [1.54, 1.807) is 18.4 Å². The van der Waals surface area contributed by atoms with Gasteiger partial charge in [-0.2, -0.15) is 0 Å². The molecule has 1 heterocycles. The average Bonchev–Trinajstić information content (AvgIpc) is 3.16. The number of anilines is 2. The van der Waals surface area contributed by atoms with Gasteiger partial charge in [-0.05, 0) is 54.3 Å². The summed E-state index contributed by atoms with van der Waals surface area (Å²) in [5, 5.41) is 8.33. The second-order valence-corrected chi connectivity index (χ2v) is 6.52. The fourth-order valence-electron chi connectivity index (χ4n) is 2.47. The van der Waals surface area contributed by atoms with Crippen LogP contribution in [-0.4, -0.2) is 19.6 Å². The van der Waals surface area contributed by atoms with Gasteiger partial charge in [0.05, 0.1) is 18.4 Å². The number of hydrogen-bond donors (Lipinski definition) is 2. The maximum absolute atomic E-state index is 12.5. The minimum Gasteiger partial charge on any atom is -0.497 e. The van der Waals surface area contributed by atoms with E-state index in [9.17, 15) is 4.79 Å². The van der Waals surface area contributed by atoms with E-state index in [4.69, 9.17) is 4.74 Å². The lowest BCUT2D eigenvalue weighted by atomic mass is 10.1. The van der Waals surface area contributed by atoms with Gasteiger partial charge in [0.15, 0.2) is 0 Å². The Kier molecular flexibility index (Phi) is 5.69. The van der Waals surface area contributed by atoms with Gasteiger partial charge in [0, 0.05) is 17.1 Å². The molecule has 128 valence electrons. The van der Waals surface area contributed by atoms with Crippen molar-refractivity contribution < 1.29 is 9.53 Å². The van der Waals surface area contributed by atoms with Crippen LogP contribution < -0.4 is 15.4 Å². The molecule has 0 saturated carbocycles. The number of thiophene rings is 1. The number of para-hydroxylation sites is 1. The molecule has 0 aliphatic heterocycles. The van der Waals surface area contributed by atoms with Gasteiger partial charge in [-0.15, -0.1) is 11.3 Å². The van der Waals surface area contributed by atoms with Crippen molar-refractivity contribution in [1.29, 1.82) is 0 Å². The molecule has 0 aliphatic carbocycles. The van der Waals surface area contributed by atoms with Gasteiger partial charge < -0.3 is 15.4 Å². The normalized spacial score (nSPS) is 10.3. The number of amides is 1. The molecule has 5 heteroatoms. The van der Waals surface area contributed by atoms with E-state index >= 15 is 0 Å². The van der Waals surface area contributed by atoms with Crippen molar-refractivity contribution in [3.8, 4) is 5.75 Å². The van der Waals surface area contributed by atoms with Crippen molar-refractivity contribution in [2.24, 2.45) is 0 Å². The van der Waals surface area contributed by atoms with E-state index < -0.39 is 0 Å². The lowest BCUT2D eigenvalue weighted by Crippen LogP contribution is -2.26. The highest BCUT2D eigenvalue weighted by atomic mass is 32.1. The van der Waals surface area contributed by atoms with Crippen LogP contribution in [0.25, 0.3) is 0 Å². The Hall–Kier alpha value is -2.79. The van der Waals surface area contributed by atoms with Crippen molar-refractivity contribution >= 4 is 28.6 Å². The highest BCUT2D eigenvalue weighted by molar-refractivity contribution is 7.09. The highest BCUT2D eigenvalue weighted by Gasteiger charge is 2.11. The molecule has 2 aromatic carbocycles. The summed E-state index contributed by atoms with van der Waals surface area (Å²) in [6.45, 7) is 0.621. The first-order chi connectivity index (χ1) is 12.3. The molecule has 0 spiro atoms. The standard InChI is InChI=1S/C20H20N2O2S/c1-24-16-10-8-15(9-11-16)22-19-7-3-2-6-18(19)20(23)21-13-12-17-5-4-14-25-17/h2-11,14,22H,12-13H2,1H3,(H,21,23). The van der Waals surface area contributed by atoms with Gasteiger partial charge in [-0.1, -0.05) is 18.2 Å². The average molecular weight is 352 g/mol. The fraction of sp³-hybridized carbons (Fsp3) is 0.150. The molecule has 0 fully saturated rings. The predicted octanol–water partition coefficient (Wildman–Crippen LogP) is 4.47. The topological polar surface area (TPSA) is 50.4 Å². The zero-order valence-electron chi connectivity index (χ0n) is 14.0. The first kappa shape index (κ1) is 17.0. The van der Waals surface area contributed by atoms with Crippen LogP contribution in [0.15, 0.2) is 66.0 Å². The van der Waals surface area contributed by atoms with E-state index in [0.29, 0.717) is 12.1 Å². The maximum atomic E-state index is 12.5. The van der Waals surface area contributed by atoms with Gasteiger partial charge in [-0.3, -0.25) is 4.79 Å². The monoisotopic (exact) mass is 352 g/mol. The van der Waals surface area contributed by atoms with E-state index in [-0.39, 0.29) is 5.91 Å². The zero-order valence-corrected chi connectivity index (χ0v) is 14.8. The SMILES string of the molecule is COc1ccc(Nc2ccccc2C(=O)NCCc2cccs2)cc1.